The molecule has 0 heterocycles. The normalized spacial score (nSPS) is 21.9. The summed E-state index contributed by atoms with van der Waals surface area (Å²) in [4.78, 5) is 12.5. The van der Waals surface area contributed by atoms with Crippen LogP contribution < -0.4 is 0 Å². The number of Topliss-reactive ketones (excluding diaryl/α,β-unsaturated/α-hetero) is 1. The number of fused-ring (bicyclic) bond motifs is 3. The Hall–Kier alpha value is -2.41. The minimum atomic E-state index is 0.219. The molecule has 2 unspecified atom stereocenters. The second-order valence-electron chi connectivity index (χ2n) is 6.16. The minimum absolute atomic E-state index is 0.219. The summed E-state index contributed by atoms with van der Waals surface area (Å²) >= 11 is 0. The zero-order valence-electron chi connectivity index (χ0n) is 12.4. The molecule has 0 saturated heterocycles. The lowest BCUT2D eigenvalue weighted by Gasteiger charge is -2.19. The van der Waals surface area contributed by atoms with E-state index >= 15 is 0 Å². The maximum Gasteiger partial charge on any atom is 0.166 e. The fourth-order valence-electron chi connectivity index (χ4n) is 3.63. The maximum atomic E-state index is 12.5. The van der Waals surface area contributed by atoms with E-state index in [-0.39, 0.29) is 5.78 Å². The van der Waals surface area contributed by atoms with Crippen molar-refractivity contribution in [3.05, 3.63) is 95.1 Å². The predicted molar refractivity (Wildman–Crippen MR) is 88.8 cm³/mol. The highest BCUT2D eigenvalue weighted by Gasteiger charge is 2.31. The summed E-state index contributed by atoms with van der Waals surface area (Å²) in [5.74, 6) is 1.11. The summed E-state index contributed by atoms with van der Waals surface area (Å²) in [7, 11) is 0. The summed E-state index contributed by atoms with van der Waals surface area (Å²) in [5.41, 5.74) is 4.81. The smallest absolute Gasteiger partial charge is 0.166 e. The van der Waals surface area contributed by atoms with Gasteiger partial charge in [0.2, 0.25) is 0 Å². The SMILES string of the molecule is O=C(Cc1ccccc1)C1=CC2Cc3ccccc3C2C=C1. The van der Waals surface area contributed by atoms with Gasteiger partial charge in [-0.05, 0) is 29.0 Å². The second-order valence-corrected chi connectivity index (χ2v) is 6.16. The van der Waals surface area contributed by atoms with Crippen molar-refractivity contribution in [2.75, 3.05) is 0 Å². The molecule has 0 radical (unpaired) electrons. The van der Waals surface area contributed by atoms with Crippen molar-refractivity contribution in [3.63, 3.8) is 0 Å². The first-order chi connectivity index (χ1) is 10.8. The van der Waals surface area contributed by atoms with Gasteiger partial charge < -0.3 is 0 Å². The summed E-state index contributed by atoms with van der Waals surface area (Å²) in [6.07, 6.45) is 7.97. The van der Waals surface area contributed by atoms with E-state index in [9.17, 15) is 4.79 Å². The Morgan fingerprint density at radius 1 is 1.00 bits per heavy atom. The maximum absolute atomic E-state index is 12.5. The van der Waals surface area contributed by atoms with Gasteiger partial charge in [-0.2, -0.15) is 0 Å². The molecule has 0 fully saturated rings. The molecule has 0 aliphatic heterocycles. The van der Waals surface area contributed by atoms with Crippen molar-refractivity contribution in [2.24, 2.45) is 5.92 Å². The van der Waals surface area contributed by atoms with Crippen LogP contribution in [0.15, 0.2) is 78.4 Å². The monoisotopic (exact) mass is 286 g/mol. The molecule has 0 spiro atoms. The Labute approximate surface area is 131 Å². The largest absolute Gasteiger partial charge is 0.294 e. The lowest BCUT2D eigenvalue weighted by molar-refractivity contribution is -0.114. The number of hydrogen-bond acceptors (Lipinski definition) is 1. The minimum Gasteiger partial charge on any atom is -0.294 e. The van der Waals surface area contributed by atoms with Crippen molar-refractivity contribution >= 4 is 5.78 Å². The molecule has 0 saturated carbocycles. The van der Waals surface area contributed by atoms with Crippen molar-refractivity contribution in [2.45, 2.75) is 18.8 Å². The van der Waals surface area contributed by atoms with Gasteiger partial charge >= 0.3 is 0 Å². The van der Waals surface area contributed by atoms with E-state index in [0.717, 1.165) is 17.6 Å². The van der Waals surface area contributed by atoms with E-state index in [2.05, 4.69) is 36.4 Å². The quantitative estimate of drug-likeness (QED) is 0.824. The summed E-state index contributed by atoms with van der Waals surface area (Å²) in [6, 6.07) is 18.6. The molecule has 2 aromatic carbocycles. The van der Waals surface area contributed by atoms with Gasteiger partial charge in [0.25, 0.3) is 0 Å². The number of carbonyl (C=O) groups excluding carboxylic acids is 1. The Kier molecular flexibility index (Phi) is 3.27. The zero-order valence-corrected chi connectivity index (χ0v) is 12.4. The third-order valence-electron chi connectivity index (χ3n) is 4.74. The van der Waals surface area contributed by atoms with Crippen LogP contribution >= 0.6 is 0 Å². The van der Waals surface area contributed by atoms with E-state index in [4.69, 9.17) is 0 Å². The van der Waals surface area contributed by atoms with Crippen LogP contribution in [0.1, 0.15) is 22.6 Å². The fraction of sp³-hybridized carbons (Fsp3) is 0.190. The van der Waals surface area contributed by atoms with E-state index in [1.807, 2.05) is 36.4 Å². The van der Waals surface area contributed by atoms with Crippen LogP contribution in [0, 0.1) is 5.92 Å². The van der Waals surface area contributed by atoms with Gasteiger partial charge in [-0.25, -0.2) is 0 Å². The van der Waals surface area contributed by atoms with E-state index in [0.29, 0.717) is 18.3 Å². The summed E-state index contributed by atoms with van der Waals surface area (Å²) < 4.78 is 0. The molecule has 0 amide bonds. The Bertz CT molecular complexity index is 768. The molecule has 2 atom stereocenters. The van der Waals surface area contributed by atoms with Crippen LogP contribution in [0.2, 0.25) is 0 Å². The van der Waals surface area contributed by atoms with E-state index in [1.54, 1.807) is 0 Å². The van der Waals surface area contributed by atoms with Crippen LogP contribution in [-0.4, -0.2) is 5.78 Å². The van der Waals surface area contributed by atoms with Gasteiger partial charge in [0, 0.05) is 17.9 Å². The highest BCUT2D eigenvalue weighted by molar-refractivity contribution is 5.99. The molecule has 1 nitrogen and oxygen atoms in total. The first-order valence-corrected chi connectivity index (χ1v) is 7.86. The molecule has 2 aliphatic carbocycles. The van der Waals surface area contributed by atoms with Crippen molar-refractivity contribution in [3.8, 4) is 0 Å². The van der Waals surface area contributed by atoms with Gasteiger partial charge in [0.15, 0.2) is 5.78 Å². The average Bonchev–Trinajstić information content (AvgIpc) is 2.93. The molecule has 108 valence electrons. The molecule has 2 aromatic rings. The van der Waals surface area contributed by atoms with Crippen LogP contribution in [-0.2, 0) is 17.6 Å². The standard InChI is InChI=1S/C21H18O/c22-21(12-15-6-2-1-3-7-15)17-10-11-20-18(14-17)13-16-8-4-5-9-19(16)20/h1-11,14,18,20H,12-13H2. The molecular weight excluding hydrogens is 268 g/mol. The number of rotatable bonds is 3. The molecule has 22 heavy (non-hydrogen) atoms. The molecule has 4 rings (SSSR count). The fourth-order valence-corrected chi connectivity index (χ4v) is 3.63. The first-order valence-electron chi connectivity index (χ1n) is 7.86. The lowest BCUT2D eigenvalue weighted by Crippen LogP contribution is -2.13. The van der Waals surface area contributed by atoms with E-state index < -0.39 is 0 Å². The lowest BCUT2D eigenvalue weighted by atomic mass is 9.84. The van der Waals surface area contributed by atoms with Crippen molar-refractivity contribution in [1.29, 1.82) is 0 Å². The third-order valence-corrected chi connectivity index (χ3v) is 4.74. The van der Waals surface area contributed by atoms with Gasteiger partial charge in [-0.3, -0.25) is 4.79 Å². The number of allylic oxidation sites excluding steroid dienone is 4. The average molecular weight is 286 g/mol. The van der Waals surface area contributed by atoms with Crippen molar-refractivity contribution < 1.29 is 4.79 Å². The third kappa shape index (κ3) is 2.33. The Balaban J connectivity index is 1.55. The van der Waals surface area contributed by atoms with Gasteiger partial charge in [0.05, 0.1) is 0 Å². The zero-order chi connectivity index (χ0) is 14.9. The van der Waals surface area contributed by atoms with Gasteiger partial charge in [0.1, 0.15) is 0 Å². The summed E-state index contributed by atoms with van der Waals surface area (Å²) in [5, 5.41) is 0. The van der Waals surface area contributed by atoms with Crippen LogP contribution in [0.3, 0.4) is 0 Å². The van der Waals surface area contributed by atoms with Crippen LogP contribution in [0.4, 0.5) is 0 Å². The molecule has 1 heteroatoms. The van der Waals surface area contributed by atoms with E-state index in [1.165, 1.54) is 11.1 Å². The van der Waals surface area contributed by atoms with Crippen molar-refractivity contribution in [1.82, 2.24) is 0 Å². The van der Waals surface area contributed by atoms with Crippen LogP contribution in [0.5, 0.6) is 0 Å². The highest BCUT2D eigenvalue weighted by atomic mass is 16.1. The second kappa shape index (κ2) is 5.42. The topological polar surface area (TPSA) is 17.1 Å². The highest BCUT2D eigenvalue weighted by Crippen LogP contribution is 2.42. The molecule has 0 N–H and O–H groups in total. The first kappa shape index (κ1) is 13.3. The van der Waals surface area contributed by atoms with Gasteiger partial charge in [-0.1, -0.05) is 72.8 Å². The molecule has 2 aliphatic rings. The Morgan fingerprint density at radius 3 is 2.64 bits per heavy atom. The number of benzene rings is 2. The Morgan fingerprint density at radius 2 is 1.77 bits per heavy atom. The number of carbonyl (C=O) groups is 1. The summed E-state index contributed by atoms with van der Waals surface area (Å²) in [6.45, 7) is 0. The number of ketones is 1. The number of hydrogen-bond donors (Lipinski definition) is 0. The van der Waals surface area contributed by atoms with Gasteiger partial charge in [-0.15, -0.1) is 0 Å². The molecule has 0 aromatic heterocycles. The predicted octanol–water partition coefficient (Wildman–Crippen LogP) is 4.25. The molecule has 0 bridgehead atoms. The molecular formula is C21H18O. The van der Waals surface area contributed by atoms with Crippen LogP contribution in [0.25, 0.3) is 0 Å².